The molecule has 0 amide bonds. The van der Waals surface area contributed by atoms with Crippen LogP contribution in [0.2, 0.25) is 0 Å². The molecule has 0 radical (unpaired) electrons. The first-order valence-corrected chi connectivity index (χ1v) is 5.48. The van der Waals surface area contributed by atoms with Crippen LogP contribution in [-0.2, 0) is 0 Å². The van der Waals surface area contributed by atoms with Crippen LogP contribution in [0.1, 0.15) is 0 Å². The summed E-state index contributed by atoms with van der Waals surface area (Å²) in [6.45, 7) is 0. The van der Waals surface area contributed by atoms with Crippen molar-refractivity contribution in [1.29, 1.82) is 0 Å². The molecule has 0 aliphatic heterocycles. The van der Waals surface area contributed by atoms with Crippen molar-refractivity contribution >= 4 is 25.1 Å². The highest BCUT2D eigenvalue weighted by molar-refractivity contribution is 7.39. The van der Waals surface area contributed by atoms with Crippen LogP contribution < -0.4 is 10.3 Å². The van der Waals surface area contributed by atoms with Crippen molar-refractivity contribution in [3.63, 3.8) is 0 Å². The third kappa shape index (κ3) is 2.02. The summed E-state index contributed by atoms with van der Waals surface area (Å²) in [6.07, 6.45) is 0. The maximum absolute atomic E-state index is 8.80. The summed E-state index contributed by atoms with van der Waals surface area (Å²) < 4.78 is 4.90. The molecule has 0 aliphatic rings. The second kappa shape index (κ2) is 4.03. The first kappa shape index (κ1) is 10.2. The molecular weight excluding hydrogens is 213 g/mol. The van der Waals surface area contributed by atoms with Crippen LogP contribution in [-0.4, -0.2) is 9.79 Å². The fourth-order valence-electron chi connectivity index (χ4n) is 1.46. The van der Waals surface area contributed by atoms with Gasteiger partial charge in [-0.15, -0.1) is 0 Å². The average Bonchev–Trinajstić information content (AvgIpc) is 2.22. The molecule has 0 atom stereocenters. The topological polar surface area (TPSA) is 75.7 Å². The zero-order valence-electron chi connectivity index (χ0n) is 7.79. The number of nitrogen functional groups attached to an aromatic ring is 1. The van der Waals surface area contributed by atoms with Crippen LogP contribution in [0.4, 0.5) is 5.69 Å². The molecular formula is C10H10NO3P. The molecule has 15 heavy (non-hydrogen) atoms. The molecule has 4 nitrogen and oxygen atoms in total. The number of hydrogen-bond donors (Lipinski definition) is 3. The Kier molecular flexibility index (Phi) is 2.73. The van der Waals surface area contributed by atoms with Crippen LogP contribution in [0.25, 0.3) is 10.8 Å². The number of hydrogen-bond acceptors (Lipinski definition) is 4. The quantitative estimate of drug-likeness (QED) is 0.537. The van der Waals surface area contributed by atoms with Crippen molar-refractivity contribution in [1.82, 2.24) is 0 Å². The van der Waals surface area contributed by atoms with Crippen LogP contribution in [0.3, 0.4) is 0 Å². The Morgan fingerprint density at radius 2 is 1.67 bits per heavy atom. The number of benzene rings is 2. The molecule has 0 aromatic heterocycles. The summed E-state index contributed by atoms with van der Waals surface area (Å²) in [6, 6.07) is 10.7. The van der Waals surface area contributed by atoms with Crippen LogP contribution in [0, 0.1) is 0 Å². The van der Waals surface area contributed by atoms with Crippen LogP contribution in [0.5, 0.6) is 5.75 Å². The zero-order chi connectivity index (χ0) is 10.8. The summed E-state index contributed by atoms with van der Waals surface area (Å²) in [5, 5.41) is 1.61. The minimum Gasteiger partial charge on any atom is -0.426 e. The van der Waals surface area contributed by atoms with Gasteiger partial charge in [0.15, 0.2) is 0 Å². The van der Waals surface area contributed by atoms with Gasteiger partial charge in [0.05, 0.1) is 0 Å². The lowest BCUT2D eigenvalue weighted by Gasteiger charge is -2.09. The highest BCUT2D eigenvalue weighted by Gasteiger charge is 2.08. The van der Waals surface area contributed by atoms with E-state index in [0.29, 0.717) is 11.4 Å². The third-order valence-corrected chi connectivity index (χ3v) is 2.46. The highest BCUT2D eigenvalue weighted by Crippen LogP contribution is 2.36. The van der Waals surface area contributed by atoms with Gasteiger partial charge in [-0.25, -0.2) is 0 Å². The molecule has 0 fully saturated rings. The molecule has 0 bridgehead atoms. The summed E-state index contributed by atoms with van der Waals surface area (Å²) in [4.78, 5) is 17.6. The van der Waals surface area contributed by atoms with Crippen molar-refractivity contribution in [2.75, 3.05) is 5.73 Å². The Bertz CT molecular complexity index is 487. The van der Waals surface area contributed by atoms with E-state index in [-0.39, 0.29) is 0 Å². The Morgan fingerprint density at radius 3 is 2.33 bits per heavy atom. The van der Waals surface area contributed by atoms with Gasteiger partial charge in [0, 0.05) is 16.5 Å². The van der Waals surface area contributed by atoms with E-state index in [0.717, 1.165) is 10.8 Å². The highest BCUT2D eigenvalue weighted by atomic mass is 31.2. The number of nitrogens with two attached hydrogens (primary N) is 1. The van der Waals surface area contributed by atoms with Gasteiger partial charge in [0.25, 0.3) is 0 Å². The van der Waals surface area contributed by atoms with E-state index in [2.05, 4.69) is 0 Å². The lowest BCUT2D eigenvalue weighted by molar-refractivity contribution is 0.377. The van der Waals surface area contributed by atoms with Gasteiger partial charge in [0.1, 0.15) is 5.75 Å². The van der Waals surface area contributed by atoms with E-state index in [1.165, 1.54) is 0 Å². The standard InChI is InChI=1S/C10H10NO3P/c11-9-5-6-10(14-15(12)13)8-4-2-1-3-7(8)9/h1-6,12-13H,11H2. The summed E-state index contributed by atoms with van der Waals surface area (Å²) in [5.74, 6) is 0.427. The van der Waals surface area contributed by atoms with Gasteiger partial charge in [-0.2, -0.15) is 0 Å². The number of fused-ring (bicyclic) bond motifs is 1. The lowest BCUT2D eigenvalue weighted by Crippen LogP contribution is -1.90. The molecule has 2 rings (SSSR count). The van der Waals surface area contributed by atoms with Gasteiger partial charge < -0.3 is 20.0 Å². The second-order valence-electron chi connectivity index (χ2n) is 3.04. The molecule has 0 unspecified atom stereocenters. The van der Waals surface area contributed by atoms with Crippen molar-refractivity contribution in [3.8, 4) is 5.75 Å². The van der Waals surface area contributed by atoms with E-state index in [4.69, 9.17) is 20.0 Å². The fourth-order valence-corrected chi connectivity index (χ4v) is 1.80. The van der Waals surface area contributed by atoms with E-state index in [1.54, 1.807) is 12.1 Å². The SMILES string of the molecule is Nc1ccc(OP(O)O)c2ccccc12. The van der Waals surface area contributed by atoms with E-state index < -0.39 is 8.60 Å². The lowest BCUT2D eigenvalue weighted by atomic mass is 10.1. The molecule has 5 heteroatoms. The summed E-state index contributed by atoms with van der Waals surface area (Å²) >= 11 is 0. The first-order chi connectivity index (χ1) is 7.18. The van der Waals surface area contributed by atoms with Crippen molar-refractivity contribution in [2.24, 2.45) is 0 Å². The Morgan fingerprint density at radius 1 is 1.00 bits per heavy atom. The maximum Gasteiger partial charge on any atom is 0.391 e. The summed E-state index contributed by atoms with van der Waals surface area (Å²) in [5.41, 5.74) is 6.42. The van der Waals surface area contributed by atoms with Gasteiger partial charge in [-0.3, -0.25) is 0 Å². The van der Waals surface area contributed by atoms with Gasteiger partial charge in [0.2, 0.25) is 0 Å². The van der Waals surface area contributed by atoms with E-state index in [9.17, 15) is 0 Å². The molecule has 78 valence electrons. The van der Waals surface area contributed by atoms with Crippen molar-refractivity contribution in [2.45, 2.75) is 0 Å². The predicted octanol–water partition coefficient (Wildman–Crippen LogP) is 2.01. The molecule has 0 spiro atoms. The van der Waals surface area contributed by atoms with Gasteiger partial charge >= 0.3 is 8.60 Å². The normalized spacial score (nSPS) is 10.9. The minimum atomic E-state index is -2.40. The second-order valence-corrected chi connectivity index (χ2v) is 3.73. The predicted molar refractivity (Wildman–Crippen MR) is 60.3 cm³/mol. The molecule has 0 saturated heterocycles. The number of anilines is 1. The molecule has 0 heterocycles. The monoisotopic (exact) mass is 223 g/mol. The summed E-state index contributed by atoms with van der Waals surface area (Å²) in [7, 11) is -2.40. The Balaban J connectivity index is 2.61. The molecule has 2 aromatic rings. The Labute approximate surface area is 87.9 Å². The first-order valence-electron chi connectivity index (χ1n) is 4.31. The van der Waals surface area contributed by atoms with Gasteiger partial charge in [-0.1, -0.05) is 24.3 Å². The van der Waals surface area contributed by atoms with Crippen molar-refractivity contribution < 1.29 is 14.3 Å². The van der Waals surface area contributed by atoms with Crippen LogP contribution in [0.15, 0.2) is 36.4 Å². The fraction of sp³-hybridized carbons (Fsp3) is 0. The minimum absolute atomic E-state index is 0.427. The van der Waals surface area contributed by atoms with E-state index in [1.807, 2.05) is 24.3 Å². The van der Waals surface area contributed by atoms with Gasteiger partial charge in [-0.05, 0) is 12.1 Å². The largest absolute Gasteiger partial charge is 0.426 e. The zero-order valence-corrected chi connectivity index (χ0v) is 8.69. The molecule has 2 aromatic carbocycles. The molecule has 0 aliphatic carbocycles. The van der Waals surface area contributed by atoms with Crippen LogP contribution >= 0.6 is 8.60 Å². The molecule has 0 saturated carbocycles. The maximum atomic E-state index is 8.80. The third-order valence-electron chi connectivity index (χ3n) is 2.10. The average molecular weight is 223 g/mol. The van der Waals surface area contributed by atoms with Crippen molar-refractivity contribution in [3.05, 3.63) is 36.4 Å². The van der Waals surface area contributed by atoms with E-state index >= 15 is 0 Å². The smallest absolute Gasteiger partial charge is 0.391 e. The molecule has 4 N–H and O–H groups in total. The Hall–Kier alpha value is -1.35. The number of rotatable bonds is 2.